The van der Waals surface area contributed by atoms with Gasteiger partial charge in [0.15, 0.2) is 17.3 Å². The van der Waals surface area contributed by atoms with Crippen molar-refractivity contribution in [1.82, 2.24) is 25.0 Å². The molecule has 10 heteroatoms. The Bertz CT molecular complexity index is 1490. The number of pyridine rings is 1. The number of nitrogens with two attached hydrogens (primary N) is 2. The maximum absolute atomic E-state index is 14.9. The van der Waals surface area contributed by atoms with E-state index in [4.69, 9.17) is 16.0 Å². The maximum Gasteiger partial charge on any atom is 0.252 e. The molecule has 192 valence electrons. The van der Waals surface area contributed by atoms with Gasteiger partial charge in [-0.1, -0.05) is 25.1 Å². The van der Waals surface area contributed by atoms with Gasteiger partial charge >= 0.3 is 0 Å². The van der Waals surface area contributed by atoms with Gasteiger partial charge in [-0.2, -0.15) is 0 Å². The number of hydrogen-bond donors (Lipinski definition) is 3. The summed E-state index contributed by atoms with van der Waals surface area (Å²) in [4.78, 5) is 21.4. The molecule has 1 aliphatic carbocycles. The minimum atomic E-state index is -0.815. The van der Waals surface area contributed by atoms with Crippen molar-refractivity contribution in [3.63, 3.8) is 0 Å². The first-order chi connectivity index (χ1) is 17.8. The van der Waals surface area contributed by atoms with E-state index in [1.54, 1.807) is 24.4 Å². The van der Waals surface area contributed by atoms with E-state index in [9.17, 15) is 9.18 Å². The first kappa shape index (κ1) is 24.8. The average Bonchev–Trinajstić information content (AvgIpc) is 3.62. The van der Waals surface area contributed by atoms with Gasteiger partial charge in [0, 0.05) is 42.0 Å². The zero-order valence-electron chi connectivity index (χ0n) is 20.9. The number of hydrogen-bond acceptors (Lipinski definition) is 8. The lowest BCUT2D eigenvalue weighted by molar-refractivity contribution is 0.264. The van der Waals surface area contributed by atoms with Crippen LogP contribution >= 0.6 is 0 Å². The second kappa shape index (κ2) is 9.87. The number of rotatable bonds is 9. The monoisotopic (exact) mass is 503 g/mol. The van der Waals surface area contributed by atoms with Crippen molar-refractivity contribution in [2.24, 2.45) is 5.73 Å². The molecule has 9 nitrogen and oxygen atoms in total. The van der Waals surface area contributed by atoms with Crippen LogP contribution in [-0.4, -0.2) is 25.7 Å². The van der Waals surface area contributed by atoms with Gasteiger partial charge in [-0.15, -0.1) is 0 Å². The summed E-state index contributed by atoms with van der Waals surface area (Å²) in [5, 5.41) is 7.42. The highest BCUT2D eigenvalue weighted by Crippen LogP contribution is 2.31. The third-order valence-electron chi connectivity index (χ3n) is 6.94. The molecular weight excluding hydrogens is 473 g/mol. The molecule has 0 radical (unpaired) electrons. The zero-order valence-corrected chi connectivity index (χ0v) is 20.9. The first-order valence-corrected chi connectivity index (χ1v) is 12.5. The number of nitrogens with one attached hydrogen (secondary N) is 1. The van der Waals surface area contributed by atoms with Gasteiger partial charge in [-0.3, -0.25) is 9.36 Å². The highest BCUT2D eigenvalue weighted by Gasteiger charge is 2.25. The van der Waals surface area contributed by atoms with Crippen LogP contribution in [0.25, 0.3) is 34.0 Å². The van der Waals surface area contributed by atoms with Crippen LogP contribution in [0.5, 0.6) is 0 Å². The fourth-order valence-electron chi connectivity index (χ4n) is 4.24. The van der Waals surface area contributed by atoms with Gasteiger partial charge in [0.1, 0.15) is 11.5 Å². The number of aromatic nitrogens is 4. The smallest absolute Gasteiger partial charge is 0.252 e. The summed E-state index contributed by atoms with van der Waals surface area (Å²) in [5.74, 6) is 0.00323. The van der Waals surface area contributed by atoms with Gasteiger partial charge in [0.25, 0.3) is 5.56 Å². The molecule has 1 aromatic carbocycles. The van der Waals surface area contributed by atoms with Crippen molar-refractivity contribution in [1.29, 1.82) is 0 Å². The lowest BCUT2D eigenvalue weighted by Crippen LogP contribution is -2.47. The molecule has 3 heterocycles. The van der Waals surface area contributed by atoms with Crippen molar-refractivity contribution in [2.45, 2.75) is 57.8 Å². The van der Waals surface area contributed by atoms with Crippen molar-refractivity contribution >= 4 is 5.82 Å². The molecule has 0 unspecified atom stereocenters. The second-order valence-electron chi connectivity index (χ2n) is 9.47. The molecule has 0 saturated heterocycles. The van der Waals surface area contributed by atoms with E-state index in [-0.39, 0.29) is 28.6 Å². The Balaban J connectivity index is 1.45. The van der Waals surface area contributed by atoms with E-state index in [2.05, 4.69) is 20.4 Å². The van der Waals surface area contributed by atoms with E-state index >= 15 is 0 Å². The number of anilines is 1. The Morgan fingerprint density at radius 1 is 1.16 bits per heavy atom. The topological polar surface area (TPSA) is 138 Å². The number of nitrogens with zero attached hydrogens (tertiary/aromatic N) is 4. The molecule has 4 aromatic rings. The Labute approximate surface area is 213 Å². The van der Waals surface area contributed by atoms with Gasteiger partial charge < -0.3 is 21.3 Å². The van der Waals surface area contributed by atoms with Crippen LogP contribution in [0.4, 0.5) is 10.2 Å². The summed E-state index contributed by atoms with van der Waals surface area (Å²) in [7, 11) is 0. The minimum absolute atomic E-state index is 0.136. The highest BCUT2D eigenvalue weighted by molar-refractivity contribution is 5.73. The predicted octanol–water partition coefficient (Wildman–Crippen LogP) is 4.03. The van der Waals surface area contributed by atoms with Crippen molar-refractivity contribution < 1.29 is 8.91 Å². The number of halogens is 1. The SMILES string of the molecule is CCC(N)(CC)n1cc(-c2cnc(N)c(-c3cc(-c4ccc(CNC5CC5)cc4F)no3)n2)ccc1=O. The minimum Gasteiger partial charge on any atom is -0.382 e. The normalized spacial score (nSPS) is 13.7. The molecule has 37 heavy (non-hydrogen) atoms. The molecule has 0 spiro atoms. The van der Waals surface area contributed by atoms with E-state index in [0.29, 0.717) is 47.9 Å². The molecule has 1 aliphatic rings. The molecule has 1 fully saturated rings. The number of nitrogen functional groups attached to an aromatic ring is 1. The van der Waals surface area contributed by atoms with Crippen molar-refractivity contribution in [3.05, 3.63) is 70.5 Å². The average molecular weight is 504 g/mol. The van der Waals surface area contributed by atoms with E-state index in [1.165, 1.54) is 35.7 Å². The summed E-state index contributed by atoms with van der Waals surface area (Å²) < 4.78 is 21.9. The highest BCUT2D eigenvalue weighted by atomic mass is 19.1. The Kier molecular flexibility index (Phi) is 6.61. The summed E-state index contributed by atoms with van der Waals surface area (Å²) in [6.45, 7) is 4.50. The van der Waals surface area contributed by atoms with Crippen LogP contribution in [0, 0.1) is 5.82 Å². The van der Waals surface area contributed by atoms with Crippen molar-refractivity contribution in [2.75, 3.05) is 5.73 Å². The maximum atomic E-state index is 14.9. The largest absolute Gasteiger partial charge is 0.382 e. The van der Waals surface area contributed by atoms with Crippen LogP contribution in [0.3, 0.4) is 0 Å². The summed E-state index contributed by atoms with van der Waals surface area (Å²) in [5.41, 5.74) is 14.5. The quantitative estimate of drug-likeness (QED) is 0.311. The standard InChI is InChI=1S/C27H30FN7O2/c1-3-27(30,4-2)35-15-17(6-10-24(35)36)22-14-32-26(29)25(33-22)23-12-21(34-37-23)19-9-5-16(11-20(19)28)13-31-18-7-8-18/h5-6,9-12,14-15,18,31H,3-4,7-8,13,30H2,1-2H3,(H2,29,32). The molecule has 0 atom stereocenters. The fraction of sp³-hybridized carbons (Fsp3) is 0.333. The van der Waals surface area contributed by atoms with Crippen LogP contribution < -0.4 is 22.3 Å². The van der Waals surface area contributed by atoms with Gasteiger partial charge in [-0.25, -0.2) is 14.4 Å². The van der Waals surface area contributed by atoms with Crippen LogP contribution in [0.1, 0.15) is 45.1 Å². The zero-order chi connectivity index (χ0) is 26.2. The Morgan fingerprint density at radius 3 is 2.65 bits per heavy atom. The molecule has 1 saturated carbocycles. The van der Waals surface area contributed by atoms with Crippen LogP contribution in [-0.2, 0) is 12.2 Å². The Hall–Kier alpha value is -3.89. The molecule has 3 aromatic heterocycles. The molecule has 0 amide bonds. The molecule has 0 bridgehead atoms. The van der Waals surface area contributed by atoms with Gasteiger partial charge in [0.05, 0.1) is 17.6 Å². The van der Waals surface area contributed by atoms with Crippen LogP contribution in [0.15, 0.2) is 58.1 Å². The van der Waals surface area contributed by atoms with E-state index in [1.807, 2.05) is 19.9 Å². The van der Waals surface area contributed by atoms with Gasteiger partial charge in [-0.05, 0) is 49.4 Å². The molecular formula is C27H30FN7O2. The van der Waals surface area contributed by atoms with E-state index in [0.717, 1.165) is 5.56 Å². The van der Waals surface area contributed by atoms with Crippen LogP contribution in [0.2, 0.25) is 0 Å². The lowest BCUT2D eigenvalue weighted by atomic mass is 10.0. The Morgan fingerprint density at radius 2 is 1.95 bits per heavy atom. The first-order valence-electron chi connectivity index (χ1n) is 12.5. The fourth-order valence-corrected chi connectivity index (χ4v) is 4.24. The summed E-state index contributed by atoms with van der Waals surface area (Å²) in [6.07, 6.45) is 6.71. The number of benzene rings is 1. The molecule has 5 N–H and O–H groups in total. The van der Waals surface area contributed by atoms with E-state index < -0.39 is 5.66 Å². The van der Waals surface area contributed by atoms with Crippen molar-refractivity contribution in [3.8, 4) is 34.0 Å². The molecule has 5 rings (SSSR count). The summed E-state index contributed by atoms with van der Waals surface area (Å²) in [6, 6.07) is 10.3. The second-order valence-corrected chi connectivity index (χ2v) is 9.47. The third kappa shape index (κ3) is 5.03. The predicted molar refractivity (Wildman–Crippen MR) is 140 cm³/mol. The summed E-state index contributed by atoms with van der Waals surface area (Å²) >= 11 is 0. The lowest BCUT2D eigenvalue weighted by Gasteiger charge is -2.29. The van der Waals surface area contributed by atoms with Gasteiger partial charge in [0.2, 0.25) is 0 Å². The third-order valence-corrected chi connectivity index (χ3v) is 6.94. The molecule has 0 aliphatic heterocycles.